The van der Waals surface area contributed by atoms with Gasteiger partial charge in [-0.3, -0.25) is 20.2 Å². The van der Waals surface area contributed by atoms with Crippen LogP contribution < -0.4 is 16.0 Å². The number of amides is 2. The van der Waals surface area contributed by atoms with E-state index in [-0.39, 0.29) is 39.2 Å². The van der Waals surface area contributed by atoms with Crippen LogP contribution in [0.15, 0.2) is 47.5 Å². The van der Waals surface area contributed by atoms with Crippen molar-refractivity contribution in [2.45, 2.75) is 12.8 Å². The molecule has 2 amide bonds. The molecule has 2 fully saturated rings. The highest BCUT2D eigenvalue weighted by Gasteiger charge is 2.25. The highest BCUT2D eigenvalue weighted by molar-refractivity contribution is 7.80. The fourth-order valence-corrected chi connectivity index (χ4v) is 3.44. The first-order chi connectivity index (χ1) is 16.1. The lowest BCUT2D eigenvalue weighted by Crippen LogP contribution is -2.51. The molecule has 0 aliphatic carbocycles. The van der Waals surface area contributed by atoms with Crippen molar-refractivity contribution in [3.8, 4) is 23.0 Å². The molecule has 0 unspecified atom stereocenters. The zero-order valence-electron chi connectivity index (χ0n) is 17.7. The van der Waals surface area contributed by atoms with Crippen LogP contribution in [0, 0.1) is 0 Å². The fraction of sp³-hybridized carbons (Fsp3) is 0.130. The largest absolute Gasteiger partial charge is 0.508 e. The summed E-state index contributed by atoms with van der Waals surface area (Å²) in [6.07, 6.45) is 4.93. The Bertz CT molecular complexity index is 1210. The number of carbonyl (C=O) groups excluding carboxylic acids is 2. The zero-order chi connectivity index (χ0) is 24.8. The van der Waals surface area contributed by atoms with Crippen LogP contribution in [0.5, 0.6) is 23.0 Å². The van der Waals surface area contributed by atoms with Gasteiger partial charge in [0.15, 0.2) is 5.11 Å². The van der Waals surface area contributed by atoms with Crippen LogP contribution in [0.2, 0.25) is 0 Å². The molecule has 0 bridgehead atoms. The van der Waals surface area contributed by atoms with Crippen LogP contribution in [-0.2, 0) is 9.59 Å². The van der Waals surface area contributed by atoms with Gasteiger partial charge in [-0.2, -0.15) is 0 Å². The number of carbonyl (C=O) groups is 2. The monoisotopic (exact) mass is 499 g/mol. The Kier molecular flexibility index (Phi) is 7.82. The van der Waals surface area contributed by atoms with Crippen molar-refractivity contribution >= 4 is 58.5 Å². The van der Waals surface area contributed by atoms with Gasteiger partial charge in [-0.15, -0.1) is 0 Å². The third-order valence-electron chi connectivity index (χ3n) is 4.82. The molecule has 176 valence electrons. The highest BCUT2D eigenvalue weighted by atomic mass is 32.1. The van der Waals surface area contributed by atoms with Crippen molar-refractivity contribution in [1.82, 2.24) is 16.0 Å². The van der Waals surface area contributed by atoms with E-state index in [9.17, 15) is 19.8 Å². The quantitative estimate of drug-likeness (QED) is 0.187. The van der Waals surface area contributed by atoms with Gasteiger partial charge in [0.25, 0.3) is 11.8 Å². The number of hydrogen-bond donors (Lipinski definition) is 7. The fourth-order valence-electron chi connectivity index (χ4n) is 3.08. The molecule has 9 nitrogen and oxygen atoms in total. The van der Waals surface area contributed by atoms with E-state index in [2.05, 4.69) is 28.2 Å². The van der Waals surface area contributed by atoms with E-state index in [1.807, 2.05) is 6.08 Å². The van der Waals surface area contributed by atoms with Gasteiger partial charge in [-0.05, 0) is 49.0 Å². The molecule has 2 saturated heterocycles. The Hall–Kier alpha value is -3.96. The minimum atomic E-state index is -0.642. The summed E-state index contributed by atoms with van der Waals surface area (Å²) in [6.45, 7) is 0.735. The van der Waals surface area contributed by atoms with Gasteiger partial charge < -0.3 is 25.7 Å². The maximum absolute atomic E-state index is 11.5. The SMILES string of the molecule is O=C1NC(=S)NC(=O)C1=Cc1ccc(O)cc1O.Oc1ccc(C=C2CCC(=S)NC2)c(O)c1. The van der Waals surface area contributed by atoms with Crippen molar-refractivity contribution in [1.29, 1.82) is 0 Å². The third kappa shape index (κ3) is 6.53. The summed E-state index contributed by atoms with van der Waals surface area (Å²) in [5.74, 6) is -1.47. The number of nitrogens with one attached hydrogen (secondary N) is 3. The molecule has 0 saturated carbocycles. The lowest BCUT2D eigenvalue weighted by molar-refractivity contribution is -0.123. The van der Waals surface area contributed by atoms with Crippen LogP contribution in [0.1, 0.15) is 24.0 Å². The molecule has 34 heavy (non-hydrogen) atoms. The molecule has 2 aliphatic rings. The van der Waals surface area contributed by atoms with Crippen LogP contribution in [0.3, 0.4) is 0 Å². The summed E-state index contributed by atoms with van der Waals surface area (Å²) in [6, 6.07) is 8.42. The first-order valence-corrected chi connectivity index (χ1v) is 10.8. The van der Waals surface area contributed by atoms with Gasteiger partial charge in [0.1, 0.15) is 28.6 Å². The summed E-state index contributed by atoms with van der Waals surface area (Å²) >= 11 is 9.69. The van der Waals surface area contributed by atoms with Gasteiger partial charge in [-0.25, -0.2) is 0 Å². The molecular formula is C23H21N3O6S2. The molecule has 2 heterocycles. The molecular weight excluding hydrogens is 478 g/mol. The smallest absolute Gasteiger partial charge is 0.263 e. The average molecular weight is 500 g/mol. The summed E-state index contributed by atoms with van der Waals surface area (Å²) in [4.78, 5) is 24.0. The van der Waals surface area contributed by atoms with E-state index in [4.69, 9.17) is 22.4 Å². The third-order valence-corrected chi connectivity index (χ3v) is 5.37. The second kappa shape index (κ2) is 10.8. The van der Waals surface area contributed by atoms with Gasteiger partial charge in [-0.1, -0.05) is 23.9 Å². The molecule has 2 aromatic carbocycles. The first kappa shape index (κ1) is 24.7. The maximum atomic E-state index is 11.5. The van der Waals surface area contributed by atoms with Crippen molar-refractivity contribution in [2.75, 3.05) is 6.54 Å². The normalized spacial score (nSPS) is 16.7. The lowest BCUT2D eigenvalue weighted by Gasteiger charge is -2.17. The molecule has 0 spiro atoms. The molecule has 4 rings (SSSR count). The number of benzene rings is 2. The number of hydrogen-bond acceptors (Lipinski definition) is 8. The number of aromatic hydroxyl groups is 4. The minimum Gasteiger partial charge on any atom is -0.508 e. The molecule has 0 radical (unpaired) electrons. The van der Waals surface area contributed by atoms with Crippen molar-refractivity contribution in [3.63, 3.8) is 0 Å². The Labute approximate surface area is 205 Å². The van der Waals surface area contributed by atoms with Crippen LogP contribution >= 0.6 is 24.4 Å². The van der Waals surface area contributed by atoms with Gasteiger partial charge >= 0.3 is 0 Å². The number of phenols is 4. The van der Waals surface area contributed by atoms with Gasteiger partial charge in [0.05, 0.1) is 4.99 Å². The predicted octanol–water partition coefficient (Wildman–Crippen LogP) is 2.20. The van der Waals surface area contributed by atoms with E-state index in [1.165, 1.54) is 29.8 Å². The summed E-state index contributed by atoms with van der Waals surface area (Å²) in [5.41, 5.74) is 1.99. The van der Waals surface area contributed by atoms with Crippen LogP contribution in [-0.4, -0.2) is 48.9 Å². The van der Waals surface area contributed by atoms with Crippen molar-refractivity contribution in [3.05, 3.63) is 58.7 Å². The van der Waals surface area contributed by atoms with Gasteiger partial charge in [0.2, 0.25) is 0 Å². The maximum Gasteiger partial charge on any atom is 0.263 e. The first-order valence-electron chi connectivity index (χ1n) is 10.0. The lowest BCUT2D eigenvalue weighted by atomic mass is 10.0. The van der Waals surface area contributed by atoms with E-state index >= 15 is 0 Å². The van der Waals surface area contributed by atoms with Gasteiger partial charge in [0, 0.05) is 36.2 Å². The van der Waals surface area contributed by atoms with E-state index in [0.717, 1.165) is 36.0 Å². The second-order valence-corrected chi connectivity index (χ2v) is 8.26. The Morgan fingerprint density at radius 1 is 0.765 bits per heavy atom. The van der Waals surface area contributed by atoms with Crippen LogP contribution in [0.25, 0.3) is 12.2 Å². The van der Waals surface area contributed by atoms with E-state index < -0.39 is 11.8 Å². The zero-order valence-corrected chi connectivity index (χ0v) is 19.3. The summed E-state index contributed by atoms with van der Waals surface area (Å²) < 4.78 is 0. The van der Waals surface area contributed by atoms with Crippen LogP contribution in [0.4, 0.5) is 0 Å². The molecule has 0 atom stereocenters. The predicted molar refractivity (Wildman–Crippen MR) is 134 cm³/mol. The Morgan fingerprint density at radius 3 is 1.76 bits per heavy atom. The Balaban J connectivity index is 0.000000192. The van der Waals surface area contributed by atoms with E-state index in [1.54, 1.807) is 12.1 Å². The standard InChI is InChI=1S/C12H13NO2S.C11H8N2O4S/c14-10-3-2-9(11(15)6-10)5-8-1-4-12(16)13-7-8;14-6-2-1-5(8(15)4-6)3-7-9(16)12-11(18)13-10(7)17/h2-3,5-6,14-15H,1,4,7H2,(H,13,16);1-4,14-15H,(H2,12,13,16,17,18). The summed E-state index contributed by atoms with van der Waals surface area (Å²) in [5, 5.41) is 45.1. The molecule has 0 aromatic heterocycles. The topological polar surface area (TPSA) is 151 Å². The summed E-state index contributed by atoms with van der Waals surface area (Å²) in [7, 11) is 0. The minimum absolute atomic E-state index is 0.0583. The number of thiocarbonyl (C=S) groups is 2. The van der Waals surface area contributed by atoms with Crippen molar-refractivity contribution in [2.24, 2.45) is 0 Å². The number of piperidine rings is 1. The Morgan fingerprint density at radius 2 is 1.29 bits per heavy atom. The number of phenolic OH excluding ortho intramolecular Hbond substituents is 4. The highest BCUT2D eigenvalue weighted by Crippen LogP contribution is 2.26. The van der Waals surface area contributed by atoms with E-state index in [0.29, 0.717) is 0 Å². The molecule has 11 heteroatoms. The average Bonchev–Trinajstić information content (AvgIpc) is 2.76. The molecule has 7 N–H and O–H groups in total. The number of rotatable bonds is 2. The second-order valence-electron chi connectivity index (χ2n) is 7.36. The molecule has 2 aliphatic heterocycles. The van der Waals surface area contributed by atoms with Crippen molar-refractivity contribution < 1.29 is 30.0 Å². The molecule has 2 aromatic rings.